The number of allylic oxidation sites excluding steroid dienone is 5. The molecule has 5 aliphatic carbocycles. The first-order valence-corrected chi connectivity index (χ1v) is 21.8. The number of carbonyl (C=O) groups excluding carboxylic acids is 4. The van der Waals surface area contributed by atoms with Crippen LogP contribution in [-0.4, -0.2) is 58.2 Å². The average molecular weight is 758 g/mol. The van der Waals surface area contributed by atoms with Crippen LogP contribution in [0.4, 0.5) is 0 Å². The predicted octanol–water partition coefficient (Wildman–Crippen LogP) is 6.07. The molecular formula is C41H47N3O7S2. The molecule has 5 aliphatic heterocycles. The molecular weight excluding hydrogens is 711 g/mol. The molecule has 12 heteroatoms. The van der Waals surface area contributed by atoms with Crippen molar-refractivity contribution in [2.24, 2.45) is 40.4 Å². The summed E-state index contributed by atoms with van der Waals surface area (Å²) in [7, 11) is 2.93. The van der Waals surface area contributed by atoms with E-state index < -0.39 is 22.7 Å². The number of carbonyl (C=O) groups is 4. The standard InChI is InChI=1S/C41H47N3O7S2/c1-3-40(14-4-5-15-40)19-28-26-8-7-25-24-12-16-41(35(25)34(26)37(47)50-28)29-9-6-22(2)39(49)53-52-21-43-30-18-23(13-17-42-30)27(33(24)36(41)38(48)51-29)20-44-31(45)10-11-32(44)46/h9-11,13,18-19,22,24-25,27,35,39,42-43,49H,3-8,12,14-17,20-21H2,1-2H3. The molecule has 7 atom stereocenters. The lowest BCUT2D eigenvalue weighted by molar-refractivity contribution is -0.138. The maximum absolute atomic E-state index is 14.6. The van der Waals surface area contributed by atoms with Crippen LogP contribution in [-0.2, 0) is 28.7 Å². The molecule has 3 fully saturated rings. The number of aliphatic hydroxyl groups excluding tert-OH is 1. The molecule has 1 spiro atoms. The summed E-state index contributed by atoms with van der Waals surface area (Å²) in [6.45, 7) is 4.85. The highest BCUT2D eigenvalue weighted by Gasteiger charge is 2.69. The van der Waals surface area contributed by atoms with Gasteiger partial charge in [0.05, 0.1) is 22.7 Å². The van der Waals surface area contributed by atoms with Gasteiger partial charge in [0, 0.05) is 48.2 Å². The fourth-order valence-electron chi connectivity index (χ4n) is 11.1. The van der Waals surface area contributed by atoms with E-state index in [2.05, 4.69) is 29.7 Å². The number of amides is 2. The van der Waals surface area contributed by atoms with Crippen molar-refractivity contribution in [2.45, 2.75) is 83.5 Å². The molecule has 5 heterocycles. The van der Waals surface area contributed by atoms with Crippen molar-refractivity contribution in [1.29, 1.82) is 0 Å². The van der Waals surface area contributed by atoms with Crippen molar-refractivity contribution in [3.63, 3.8) is 0 Å². The molecule has 0 aromatic heterocycles. The highest BCUT2D eigenvalue weighted by Crippen LogP contribution is 2.71. The van der Waals surface area contributed by atoms with E-state index in [1.165, 1.54) is 51.5 Å². The smallest absolute Gasteiger partial charge is 0.340 e. The zero-order valence-electron chi connectivity index (χ0n) is 30.3. The van der Waals surface area contributed by atoms with Gasteiger partial charge in [-0.15, -0.1) is 0 Å². The minimum Gasteiger partial charge on any atom is -0.427 e. The fourth-order valence-corrected chi connectivity index (χ4v) is 13.2. The molecule has 7 unspecified atom stereocenters. The third-order valence-electron chi connectivity index (χ3n) is 13.8. The molecule has 3 N–H and O–H groups in total. The van der Waals surface area contributed by atoms with Gasteiger partial charge in [0.25, 0.3) is 11.8 Å². The quantitative estimate of drug-likeness (QED) is 0.175. The maximum atomic E-state index is 14.6. The molecule has 280 valence electrons. The van der Waals surface area contributed by atoms with Gasteiger partial charge in [-0.1, -0.05) is 54.4 Å². The third kappa shape index (κ3) is 5.55. The van der Waals surface area contributed by atoms with Crippen LogP contribution in [0.15, 0.2) is 81.7 Å². The summed E-state index contributed by atoms with van der Waals surface area (Å²) in [6.07, 6.45) is 20.0. The lowest BCUT2D eigenvalue weighted by Gasteiger charge is -2.57. The number of ether oxygens (including phenoxy) is 2. The summed E-state index contributed by atoms with van der Waals surface area (Å²) in [6, 6.07) is 0. The number of aliphatic hydroxyl groups is 1. The summed E-state index contributed by atoms with van der Waals surface area (Å²) >= 11 is 0. The SMILES string of the molecule is CCC1(C=C2OC(=O)C3=C2CCC2C4CCC5(C6=CCC(C)C(O)SSCNC7=CC(=CCN7)C(CN7C(=O)C=CC7=O)C4=C5C(=O)O6)C32)CCCC1. The topological polar surface area (TPSA) is 134 Å². The molecule has 2 amide bonds. The van der Waals surface area contributed by atoms with Crippen LogP contribution in [0, 0.1) is 40.4 Å². The number of esters is 2. The number of cyclic esters (lactones) is 1. The van der Waals surface area contributed by atoms with Crippen molar-refractivity contribution in [1.82, 2.24) is 15.5 Å². The van der Waals surface area contributed by atoms with Crippen molar-refractivity contribution in [2.75, 3.05) is 19.0 Å². The number of dihydropyridines is 1. The number of hydrogen-bond donors (Lipinski definition) is 3. The first kappa shape index (κ1) is 35.2. The van der Waals surface area contributed by atoms with Crippen molar-refractivity contribution in [3.05, 3.63) is 81.7 Å². The van der Waals surface area contributed by atoms with Gasteiger partial charge in [-0.3, -0.25) is 14.5 Å². The summed E-state index contributed by atoms with van der Waals surface area (Å²) in [5.74, 6) is 0.271. The number of imide groups is 1. The van der Waals surface area contributed by atoms with E-state index in [4.69, 9.17) is 9.47 Å². The monoisotopic (exact) mass is 757 g/mol. The largest absolute Gasteiger partial charge is 0.427 e. The number of rotatable bonds is 4. The van der Waals surface area contributed by atoms with E-state index in [9.17, 15) is 24.3 Å². The molecule has 2 saturated carbocycles. The minimum absolute atomic E-state index is 0.0284. The number of hydrogen-bond acceptors (Lipinski definition) is 11. The van der Waals surface area contributed by atoms with E-state index in [0.29, 0.717) is 54.3 Å². The second-order valence-electron chi connectivity index (χ2n) is 16.3. The Kier molecular flexibility index (Phi) is 8.89. The highest BCUT2D eigenvalue weighted by molar-refractivity contribution is 8.76. The van der Waals surface area contributed by atoms with Crippen LogP contribution in [0.3, 0.4) is 0 Å². The van der Waals surface area contributed by atoms with Gasteiger partial charge in [-0.05, 0) is 104 Å². The maximum Gasteiger partial charge on any atom is 0.340 e. The van der Waals surface area contributed by atoms with Gasteiger partial charge in [-0.25, -0.2) is 9.59 Å². The fraction of sp³-hybridized carbons (Fsp3) is 0.561. The lowest BCUT2D eigenvalue weighted by atomic mass is 9.43. The van der Waals surface area contributed by atoms with Gasteiger partial charge in [0.1, 0.15) is 17.0 Å². The first-order valence-electron chi connectivity index (χ1n) is 19.4. The van der Waals surface area contributed by atoms with E-state index >= 15 is 0 Å². The van der Waals surface area contributed by atoms with Crippen molar-refractivity contribution < 1.29 is 33.8 Å². The lowest BCUT2D eigenvalue weighted by Crippen LogP contribution is -2.54. The predicted molar refractivity (Wildman–Crippen MR) is 201 cm³/mol. The molecule has 0 aromatic carbocycles. The molecule has 10 nitrogen and oxygen atoms in total. The zero-order valence-corrected chi connectivity index (χ0v) is 31.9. The zero-order chi connectivity index (χ0) is 36.6. The van der Waals surface area contributed by atoms with E-state index in [1.807, 2.05) is 19.1 Å². The Morgan fingerprint density at radius 1 is 1.02 bits per heavy atom. The summed E-state index contributed by atoms with van der Waals surface area (Å²) in [5.41, 5.74) is 2.62. The van der Waals surface area contributed by atoms with Gasteiger partial charge < -0.3 is 25.2 Å². The van der Waals surface area contributed by atoms with Crippen LogP contribution >= 0.6 is 21.6 Å². The molecule has 0 radical (unpaired) electrons. The number of fused-ring (bicyclic) bond motifs is 2. The molecule has 1 saturated heterocycles. The minimum atomic E-state index is -0.908. The highest BCUT2D eigenvalue weighted by atomic mass is 33.1. The van der Waals surface area contributed by atoms with Crippen LogP contribution in [0.1, 0.15) is 78.1 Å². The number of nitrogens with zero attached hydrogens (tertiary/aromatic N) is 1. The second-order valence-corrected chi connectivity index (χ2v) is 18.7. The Labute approximate surface area is 318 Å². The number of nitrogens with one attached hydrogen (secondary N) is 2. The van der Waals surface area contributed by atoms with E-state index in [0.717, 1.165) is 54.6 Å². The van der Waals surface area contributed by atoms with Crippen molar-refractivity contribution in [3.8, 4) is 0 Å². The Morgan fingerprint density at radius 2 is 1.81 bits per heavy atom. The van der Waals surface area contributed by atoms with E-state index in [1.54, 1.807) is 0 Å². The van der Waals surface area contributed by atoms with Gasteiger partial charge in [0.15, 0.2) is 0 Å². The van der Waals surface area contributed by atoms with Gasteiger partial charge in [-0.2, -0.15) is 0 Å². The summed E-state index contributed by atoms with van der Waals surface area (Å²) in [4.78, 5) is 56.4. The summed E-state index contributed by atoms with van der Waals surface area (Å²) in [5, 5.41) is 18.0. The van der Waals surface area contributed by atoms with Crippen LogP contribution in [0.25, 0.3) is 0 Å². The van der Waals surface area contributed by atoms with Crippen LogP contribution in [0.2, 0.25) is 0 Å². The molecule has 0 aromatic rings. The van der Waals surface area contributed by atoms with E-state index in [-0.39, 0.29) is 53.4 Å². The molecule has 7 bridgehead atoms. The molecule has 53 heavy (non-hydrogen) atoms. The van der Waals surface area contributed by atoms with Gasteiger partial charge >= 0.3 is 11.9 Å². The van der Waals surface area contributed by atoms with Crippen molar-refractivity contribution >= 4 is 45.3 Å². The normalized spacial score (nSPS) is 36.8. The van der Waals surface area contributed by atoms with Gasteiger partial charge in [0.2, 0.25) is 0 Å². The molecule has 10 rings (SSSR count). The Hall–Kier alpha value is -3.48. The third-order valence-corrected chi connectivity index (χ3v) is 16.2. The average Bonchev–Trinajstić information content (AvgIpc) is 3.92. The summed E-state index contributed by atoms with van der Waals surface area (Å²) < 4.78 is 12.6. The Morgan fingerprint density at radius 3 is 2.58 bits per heavy atom. The Balaban J connectivity index is 1.25. The van der Waals surface area contributed by atoms with Crippen LogP contribution < -0.4 is 10.6 Å². The Bertz CT molecular complexity index is 1880. The molecule has 10 aliphatic rings. The first-order chi connectivity index (χ1) is 25.6. The second kappa shape index (κ2) is 13.4. The van der Waals surface area contributed by atoms with Crippen LogP contribution in [0.5, 0.6) is 0 Å².